The fraction of sp³-hybridized carbons (Fsp3) is 0.167. The first-order valence-electron chi connectivity index (χ1n) is 8.62. The molecule has 3 rings (SSSR count). The smallest absolute Gasteiger partial charge is 0.154 e. The summed E-state index contributed by atoms with van der Waals surface area (Å²) in [4.78, 5) is 21.1. The number of aromatic nitrogens is 5. The van der Waals surface area contributed by atoms with Crippen molar-refractivity contribution in [2.45, 2.75) is 0 Å². The van der Waals surface area contributed by atoms with Crippen LogP contribution in [0.2, 0.25) is 0 Å². The maximum atomic E-state index is 5.69. The zero-order valence-electron chi connectivity index (χ0n) is 16.3. The molecule has 0 fully saturated rings. The number of hydrazine groups is 1. The van der Waals surface area contributed by atoms with E-state index in [1.807, 2.05) is 25.2 Å². The number of pyridine rings is 1. The van der Waals surface area contributed by atoms with E-state index >= 15 is 0 Å². The van der Waals surface area contributed by atoms with E-state index in [2.05, 4.69) is 35.1 Å². The number of rotatable bonds is 7. The van der Waals surface area contributed by atoms with Gasteiger partial charge in [-0.1, -0.05) is 6.07 Å². The molecule has 0 aliphatic rings. The second kappa shape index (κ2) is 9.28. The summed E-state index contributed by atoms with van der Waals surface area (Å²) in [6.45, 7) is 0. The Labute approximate surface area is 168 Å². The van der Waals surface area contributed by atoms with Gasteiger partial charge in [-0.15, -0.1) is 0 Å². The molecule has 0 aromatic carbocycles. The first-order chi connectivity index (χ1) is 14.0. The SMILES string of the molecule is CN(N)c1cc(N(C)/N=C/c2cnc(/C=N/N(C)c3ccccn3)cn2)ncn1. The highest BCUT2D eigenvalue weighted by molar-refractivity contribution is 5.80. The first-order valence-corrected chi connectivity index (χ1v) is 8.62. The fourth-order valence-corrected chi connectivity index (χ4v) is 2.14. The Morgan fingerprint density at radius 3 is 1.97 bits per heavy atom. The van der Waals surface area contributed by atoms with Crippen LogP contribution in [0.5, 0.6) is 0 Å². The lowest BCUT2D eigenvalue weighted by molar-refractivity contribution is 0.928. The van der Waals surface area contributed by atoms with Gasteiger partial charge in [0.05, 0.1) is 24.8 Å². The van der Waals surface area contributed by atoms with E-state index in [1.165, 1.54) is 11.3 Å². The molecule has 3 aromatic heterocycles. The van der Waals surface area contributed by atoms with Gasteiger partial charge in [0.15, 0.2) is 5.82 Å². The van der Waals surface area contributed by atoms with Crippen molar-refractivity contribution in [1.29, 1.82) is 0 Å². The van der Waals surface area contributed by atoms with Gasteiger partial charge < -0.3 is 0 Å². The third-order valence-electron chi connectivity index (χ3n) is 3.73. The van der Waals surface area contributed by atoms with E-state index in [0.717, 1.165) is 5.82 Å². The van der Waals surface area contributed by atoms with Gasteiger partial charge >= 0.3 is 0 Å². The molecule has 0 atom stereocenters. The second-order valence-electron chi connectivity index (χ2n) is 5.94. The van der Waals surface area contributed by atoms with Crippen LogP contribution < -0.4 is 20.9 Å². The fourth-order valence-electron chi connectivity index (χ4n) is 2.14. The summed E-state index contributed by atoms with van der Waals surface area (Å²) < 4.78 is 0. The lowest BCUT2D eigenvalue weighted by Crippen LogP contribution is -2.26. The summed E-state index contributed by atoms with van der Waals surface area (Å²) in [5, 5.41) is 13.3. The van der Waals surface area contributed by atoms with Crippen LogP contribution in [0.25, 0.3) is 0 Å². The number of anilines is 3. The molecule has 0 saturated heterocycles. The zero-order chi connectivity index (χ0) is 20.6. The van der Waals surface area contributed by atoms with Gasteiger partial charge in [-0.25, -0.2) is 20.8 Å². The Morgan fingerprint density at radius 1 is 0.793 bits per heavy atom. The largest absolute Gasteiger partial charge is 0.298 e. The summed E-state index contributed by atoms with van der Waals surface area (Å²) in [5.41, 5.74) is 1.21. The van der Waals surface area contributed by atoms with Crippen LogP contribution in [-0.4, -0.2) is 58.5 Å². The second-order valence-corrected chi connectivity index (χ2v) is 5.94. The van der Waals surface area contributed by atoms with Crippen LogP contribution in [0.4, 0.5) is 17.5 Å². The number of hydrogen-bond acceptors (Lipinski definition) is 11. The van der Waals surface area contributed by atoms with E-state index < -0.39 is 0 Å². The van der Waals surface area contributed by atoms with E-state index in [4.69, 9.17) is 5.84 Å². The maximum Gasteiger partial charge on any atom is 0.154 e. The molecule has 0 amide bonds. The average molecular weight is 391 g/mol. The van der Waals surface area contributed by atoms with Crippen molar-refractivity contribution >= 4 is 29.9 Å². The Morgan fingerprint density at radius 2 is 1.41 bits per heavy atom. The molecule has 0 aliphatic heterocycles. The van der Waals surface area contributed by atoms with Crippen LogP contribution in [0.1, 0.15) is 11.4 Å². The summed E-state index contributed by atoms with van der Waals surface area (Å²) in [6, 6.07) is 7.34. The summed E-state index contributed by atoms with van der Waals surface area (Å²) in [6.07, 6.45) is 9.56. The predicted molar refractivity (Wildman–Crippen MR) is 113 cm³/mol. The van der Waals surface area contributed by atoms with Crippen molar-refractivity contribution in [3.05, 3.63) is 60.6 Å². The molecule has 148 valence electrons. The number of nitrogens with two attached hydrogens (primary N) is 1. The van der Waals surface area contributed by atoms with Crippen LogP contribution in [0, 0.1) is 0 Å². The summed E-state index contributed by atoms with van der Waals surface area (Å²) >= 11 is 0. The summed E-state index contributed by atoms with van der Waals surface area (Å²) in [7, 11) is 5.27. The number of nitrogens with zero attached hydrogens (tertiary/aromatic N) is 10. The molecule has 0 bridgehead atoms. The van der Waals surface area contributed by atoms with Crippen molar-refractivity contribution in [2.24, 2.45) is 16.0 Å². The molecular formula is C18H21N11. The molecular weight excluding hydrogens is 370 g/mol. The van der Waals surface area contributed by atoms with Gasteiger partial charge in [0.2, 0.25) is 0 Å². The zero-order valence-corrected chi connectivity index (χ0v) is 16.3. The molecule has 11 nitrogen and oxygen atoms in total. The van der Waals surface area contributed by atoms with Gasteiger partial charge in [-0.05, 0) is 12.1 Å². The predicted octanol–water partition coefficient (Wildman–Crippen LogP) is 0.912. The minimum Gasteiger partial charge on any atom is -0.298 e. The standard InChI is InChI=1S/C18H21N11/c1-27(19)17-8-18(24-13-23-17)29(3)26-12-15-10-21-14(9-22-15)11-25-28(2)16-6-4-5-7-20-16/h4-13H,19H2,1-3H3/b25-11+,26-12+. The third-order valence-corrected chi connectivity index (χ3v) is 3.73. The van der Waals surface area contributed by atoms with Crippen molar-refractivity contribution < 1.29 is 0 Å². The van der Waals surface area contributed by atoms with Gasteiger partial charge in [-0.3, -0.25) is 25.0 Å². The lowest BCUT2D eigenvalue weighted by atomic mass is 10.4. The van der Waals surface area contributed by atoms with Crippen LogP contribution in [0.3, 0.4) is 0 Å². The molecule has 0 aliphatic carbocycles. The molecule has 0 unspecified atom stereocenters. The normalized spacial score (nSPS) is 11.2. The van der Waals surface area contributed by atoms with Gasteiger partial charge in [0.1, 0.15) is 29.4 Å². The van der Waals surface area contributed by atoms with Gasteiger partial charge in [0.25, 0.3) is 0 Å². The molecule has 0 radical (unpaired) electrons. The van der Waals surface area contributed by atoms with E-state index in [0.29, 0.717) is 23.0 Å². The topological polar surface area (TPSA) is 125 Å². The maximum absolute atomic E-state index is 5.69. The van der Waals surface area contributed by atoms with E-state index in [-0.39, 0.29) is 0 Å². The summed E-state index contributed by atoms with van der Waals surface area (Å²) in [5.74, 6) is 7.60. The molecule has 0 spiro atoms. The molecule has 3 aromatic rings. The van der Waals surface area contributed by atoms with Crippen LogP contribution >= 0.6 is 0 Å². The Hall–Kier alpha value is -3.99. The lowest BCUT2D eigenvalue weighted by Gasteiger charge is -2.15. The highest BCUT2D eigenvalue weighted by Crippen LogP contribution is 2.13. The average Bonchev–Trinajstić information content (AvgIpc) is 2.77. The Kier molecular flexibility index (Phi) is 6.32. The van der Waals surface area contributed by atoms with Crippen LogP contribution in [0.15, 0.2) is 59.4 Å². The van der Waals surface area contributed by atoms with Gasteiger partial charge in [-0.2, -0.15) is 10.2 Å². The van der Waals surface area contributed by atoms with Crippen LogP contribution in [-0.2, 0) is 0 Å². The number of hydrazone groups is 2. The van der Waals surface area contributed by atoms with E-state index in [9.17, 15) is 0 Å². The van der Waals surface area contributed by atoms with Gasteiger partial charge in [0, 0.05) is 33.4 Å². The quantitative estimate of drug-likeness (QED) is 0.355. The Bertz CT molecular complexity index is 971. The molecule has 11 heteroatoms. The van der Waals surface area contributed by atoms with Crippen molar-refractivity contribution in [3.63, 3.8) is 0 Å². The number of hydrogen-bond donors (Lipinski definition) is 1. The molecule has 0 saturated carbocycles. The highest BCUT2D eigenvalue weighted by Gasteiger charge is 2.05. The van der Waals surface area contributed by atoms with Crippen molar-refractivity contribution in [3.8, 4) is 0 Å². The minimum atomic E-state index is 0.580. The third kappa shape index (κ3) is 5.49. The molecule has 2 N–H and O–H groups in total. The van der Waals surface area contributed by atoms with E-state index in [1.54, 1.807) is 61.2 Å². The minimum absolute atomic E-state index is 0.580. The monoisotopic (exact) mass is 391 g/mol. The highest BCUT2D eigenvalue weighted by atomic mass is 15.5. The first kappa shape index (κ1) is 19.8. The molecule has 29 heavy (non-hydrogen) atoms. The molecule has 3 heterocycles. The Balaban J connectivity index is 1.63. The van der Waals surface area contributed by atoms with Crippen molar-refractivity contribution in [1.82, 2.24) is 24.9 Å². The van der Waals surface area contributed by atoms with Crippen molar-refractivity contribution in [2.75, 3.05) is 36.2 Å².